The molecule has 0 spiro atoms. The SMILES string of the molecule is CCn1cc(-c2ccc3c(c2)ncn3-c2cc(OC)c(C(=O)NCCC(F)(F)F)c(OC)c2)cn1. The molecule has 0 unspecified atom stereocenters. The van der Waals surface area contributed by atoms with Crippen molar-refractivity contribution in [3.8, 4) is 28.3 Å². The van der Waals surface area contributed by atoms with E-state index >= 15 is 0 Å². The number of fused-ring (bicyclic) bond motifs is 1. The molecule has 8 nitrogen and oxygen atoms in total. The lowest BCUT2D eigenvalue weighted by molar-refractivity contribution is -0.132. The topological polar surface area (TPSA) is 83.2 Å². The number of ether oxygens (including phenoxy) is 2. The Morgan fingerprint density at radius 2 is 1.80 bits per heavy atom. The number of rotatable bonds is 8. The fraction of sp³-hybridized carbons (Fsp3) is 0.292. The molecule has 0 saturated carbocycles. The number of halogens is 3. The molecule has 0 fully saturated rings. The Hall–Kier alpha value is -4.02. The minimum absolute atomic E-state index is 0.0144. The van der Waals surface area contributed by atoms with Crippen LogP contribution in [-0.4, -0.2) is 52.2 Å². The summed E-state index contributed by atoms with van der Waals surface area (Å²) in [5, 5.41) is 6.58. The van der Waals surface area contributed by atoms with E-state index in [2.05, 4.69) is 15.4 Å². The lowest BCUT2D eigenvalue weighted by Gasteiger charge is -2.16. The Morgan fingerprint density at radius 3 is 2.40 bits per heavy atom. The van der Waals surface area contributed by atoms with E-state index in [-0.39, 0.29) is 17.1 Å². The van der Waals surface area contributed by atoms with Crippen LogP contribution in [0.15, 0.2) is 49.1 Å². The Labute approximate surface area is 199 Å². The number of carbonyl (C=O) groups is 1. The zero-order valence-electron chi connectivity index (χ0n) is 19.4. The van der Waals surface area contributed by atoms with E-state index in [1.54, 1.807) is 24.7 Å². The van der Waals surface area contributed by atoms with E-state index in [4.69, 9.17) is 9.47 Å². The predicted molar refractivity (Wildman–Crippen MR) is 124 cm³/mol. The molecule has 0 bridgehead atoms. The molecule has 0 radical (unpaired) electrons. The Morgan fingerprint density at radius 1 is 1.09 bits per heavy atom. The molecule has 2 aromatic carbocycles. The summed E-state index contributed by atoms with van der Waals surface area (Å²) in [5.74, 6) is -0.397. The summed E-state index contributed by atoms with van der Waals surface area (Å²) < 4.78 is 51.8. The van der Waals surface area contributed by atoms with Gasteiger partial charge in [0.15, 0.2) is 0 Å². The van der Waals surface area contributed by atoms with Crippen molar-refractivity contribution in [2.24, 2.45) is 0 Å². The molecule has 0 aliphatic rings. The van der Waals surface area contributed by atoms with E-state index in [1.807, 2.05) is 40.6 Å². The summed E-state index contributed by atoms with van der Waals surface area (Å²) in [6, 6.07) is 9.08. The minimum atomic E-state index is -4.37. The van der Waals surface area contributed by atoms with Crippen LogP contribution in [0.1, 0.15) is 23.7 Å². The van der Waals surface area contributed by atoms with E-state index in [9.17, 15) is 18.0 Å². The van der Waals surface area contributed by atoms with Crippen molar-refractivity contribution in [2.75, 3.05) is 20.8 Å². The largest absolute Gasteiger partial charge is 0.496 e. The van der Waals surface area contributed by atoms with E-state index < -0.39 is 25.0 Å². The first-order valence-corrected chi connectivity index (χ1v) is 10.8. The van der Waals surface area contributed by atoms with Gasteiger partial charge < -0.3 is 14.8 Å². The van der Waals surface area contributed by atoms with Crippen LogP contribution in [-0.2, 0) is 6.54 Å². The average Bonchev–Trinajstić information content (AvgIpc) is 3.49. The number of hydrogen-bond donors (Lipinski definition) is 1. The third-order valence-corrected chi connectivity index (χ3v) is 5.53. The highest BCUT2D eigenvalue weighted by Crippen LogP contribution is 2.34. The summed E-state index contributed by atoms with van der Waals surface area (Å²) >= 11 is 0. The maximum atomic E-state index is 12.6. The maximum absolute atomic E-state index is 12.6. The first kappa shape index (κ1) is 24.1. The second kappa shape index (κ2) is 9.69. The number of benzene rings is 2. The van der Waals surface area contributed by atoms with Crippen molar-refractivity contribution >= 4 is 16.9 Å². The number of nitrogens with one attached hydrogen (secondary N) is 1. The number of nitrogens with zero attached hydrogens (tertiary/aromatic N) is 4. The number of aryl methyl sites for hydroxylation is 1. The van der Waals surface area contributed by atoms with Gasteiger partial charge in [0.1, 0.15) is 23.4 Å². The molecule has 0 aliphatic heterocycles. The van der Waals surface area contributed by atoms with Gasteiger partial charge in [-0.2, -0.15) is 18.3 Å². The number of methoxy groups -OCH3 is 2. The van der Waals surface area contributed by atoms with Gasteiger partial charge in [-0.15, -0.1) is 0 Å². The van der Waals surface area contributed by atoms with Crippen LogP contribution in [0.3, 0.4) is 0 Å². The molecule has 4 aromatic rings. The fourth-order valence-corrected chi connectivity index (χ4v) is 3.75. The average molecular weight is 487 g/mol. The highest BCUT2D eigenvalue weighted by Gasteiger charge is 2.28. The van der Waals surface area contributed by atoms with Gasteiger partial charge in [0.2, 0.25) is 0 Å². The molecular weight excluding hydrogens is 463 g/mol. The molecule has 35 heavy (non-hydrogen) atoms. The van der Waals surface area contributed by atoms with Gasteiger partial charge in [0, 0.05) is 37.0 Å². The Balaban J connectivity index is 1.68. The Kier molecular flexibility index (Phi) is 6.68. The number of aromatic nitrogens is 4. The highest BCUT2D eigenvalue weighted by atomic mass is 19.4. The molecule has 0 atom stereocenters. The summed E-state index contributed by atoms with van der Waals surface area (Å²) in [4.78, 5) is 17.1. The minimum Gasteiger partial charge on any atom is -0.496 e. The third-order valence-electron chi connectivity index (χ3n) is 5.53. The second-order valence-corrected chi connectivity index (χ2v) is 7.75. The van der Waals surface area contributed by atoms with Gasteiger partial charge in [-0.1, -0.05) is 6.07 Å². The lowest BCUT2D eigenvalue weighted by Crippen LogP contribution is -2.28. The van der Waals surface area contributed by atoms with Gasteiger partial charge in [-0.25, -0.2) is 4.98 Å². The quantitative estimate of drug-likeness (QED) is 0.393. The van der Waals surface area contributed by atoms with Crippen molar-refractivity contribution in [2.45, 2.75) is 26.1 Å². The molecule has 1 amide bonds. The smallest absolute Gasteiger partial charge is 0.390 e. The first-order valence-electron chi connectivity index (χ1n) is 10.8. The summed E-state index contributed by atoms with van der Waals surface area (Å²) in [5.41, 5.74) is 4.14. The van der Waals surface area contributed by atoms with Crippen molar-refractivity contribution in [3.05, 3.63) is 54.6 Å². The van der Waals surface area contributed by atoms with Crippen LogP contribution in [0.5, 0.6) is 11.5 Å². The summed E-state index contributed by atoms with van der Waals surface area (Å²) in [6.45, 7) is 2.24. The fourth-order valence-electron chi connectivity index (χ4n) is 3.75. The molecule has 11 heteroatoms. The van der Waals surface area contributed by atoms with Crippen molar-refractivity contribution in [3.63, 3.8) is 0 Å². The molecule has 2 aromatic heterocycles. The monoisotopic (exact) mass is 487 g/mol. The van der Waals surface area contributed by atoms with Crippen molar-refractivity contribution in [1.29, 1.82) is 0 Å². The van der Waals surface area contributed by atoms with Gasteiger partial charge in [-0.05, 0) is 24.6 Å². The maximum Gasteiger partial charge on any atom is 0.390 e. The van der Waals surface area contributed by atoms with Crippen LogP contribution in [0.2, 0.25) is 0 Å². The second-order valence-electron chi connectivity index (χ2n) is 7.75. The van der Waals surface area contributed by atoms with Crippen LogP contribution in [0.25, 0.3) is 27.8 Å². The summed E-state index contributed by atoms with van der Waals surface area (Å²) in [7, 11) is 2.75. The lowest BCUT2D eigenvalue weighted by atomic mass is 10.1. The van der Waals surface area contributed by atoms with Crippen molar-refractivity contribution in [1.82, 2.24) is 24.6 Å². The normalized spacial score (nSPS) is 11.6. The highest BCUT2D eigenvalue weighted by molar-refractivity contribution is 6.00. The third kappa shape index (κ3) is 5.08. The van der Waals surface area contributed by atoms with Gasteiger partial charge in [-0.3, -0.25) is 14.0 Å². The standard InChI is InChI=1S/C24H24F3N5O3/c1-4-31-13-16(12-30-31)15-5-6-19-18(9-15)29-14-32(19)17-10-20(34-2)22(21(11-17)35-3)23(33)28-8-7-24(25,26)27/h5-6,9-14H,4,7-8H2,1-3H3,(H,28,33). The first-order chi connectivity index (χ1) is 16.7. The zero-order chi connectivity index (χ0) is 25.2. The molecule has 0 aliphatic carbocycles. The van der Waals surface area contributed by atoms with E-state index in [1.165, 1.54) is 14.2 Å². The number of carbonyl (C=O) groups excluding carboxylic acids is 1. The molecular formula is C24H24F3N5O3. The number of alkyl halides is 3. The number of hydrogen-bond acceptors (Lipinski definition) is 5. The number of amides is 1. The summed E-state index contributed by atoms with van der Waals surface area (Å²) in [6.07, 6.45) is -0.0999. The molecule has 1 N–H and O–H groups in total. The van der Waals surface area contributed by atoms with Crippen LogP contribution in [0.4, 0.5) is 13.2 Å². The van der Waals surface area contributed by atoms with Crippen LogP contribution >= 0.6 is 0 Å². The molecule has 0 saturated heterocycles. The predicted octanol–water partition coefficient (Wildman–Crippen LogP) is 4.61. The van der Waals surface area contributed by atoms with Gasteiger partial charge in [0.25, 0.3) is 5.91 Å². The van der Waals surface area contributed by atoms with E-state index in [0.717, 1.165) is 28.7 Å². The van der Waals surface area contributed by atoms with Crippen LogP contribution < -0.4 is 14.8 Å². The molecule has 4 rings (SSSR count). The molecule has 184 valence electrons. The zero-order valence-corrected chi connectivity index (χ0v) is 19.4. The molecule has 2 heterocycles. The van der Waals surface area contributed by atoms with Crippen LogP contribution in [0, 0.1) is 0 Å². The van der Waals surface area contributed by atoms with Gasteiger partial charge in [0.05, 0.1) is 43.6 Å². The van der Waals surface area contributed by atoms with Gasteiger partial charge >= 0.3 is 6.18 Å². The Bertz CT molecular complexity index is 1340. The van der Waals surface area contributed by atoms with E-state index in [0.29, 0.717) is 5.69 Å². The number of imidazole rings is 1. The van der Waals surface area contributed by atoms with Crippen molar-refractivity contribution < 1.29 is 27.4 Å².